The molecule has 1 amide bonds. The molecule has 0 bridgehead atoms. The van der Waals surface area contributed by atoms with E-state index in [0.717, 1.165) is 28.8 Å². The van der Waals surface area contributed by atoms with Crippen molar-refractivity contribution in [3.05, 3.63) is 100 Å². The summed E-state index contributed by atoms with van der Waals surface area (Å²) in [6.07, 6.45) is -2.95. The predicted molar refractivity (Wildman–Crippen MR) is 124 cm³/mol. The first-order valence-corrected chi connectivity index (χ1v) is 10.9. The molecule has 0 atom stereocenters. The lowest BCUT2D eigenvalue weighted by Crippen LogP contribution is -2.27. The summed E-state index contributed by atoms with van der Waals surface area (Å²) in [7, 11) is 0. The van der Waals surface area contributed by atoms with Crippen molar-refractivity contribution >= 4 is 46.0 Å². The summed E-state index contributed by atoms with van der Waals surface area (Å²) in [5.41, 5.74) is 0.228. The van der Waals surface area contributed by atoms with Crippen molar-refractivity contribution in [2.24, 2.45) is 0 Å². The highest BCUT2D eigenvalue weighted by atomic mass is 32.2. The lowest BCUT2D eigenvalue weighted by Gasteiger charge is -2.16. The van der Waals surface area contributed by atoms with E-state index in [9.17, 15) is 22.4 Å². The number of hydrogen-bond acceptors (Lipinski definition) is 4. The smallest absolute Gasteiger partial charge is 0.416 e. The largest absolute Gasteiger partial charge is 0.489 e. The van der Waals surface area contributed by atoms with E-state index < -0.39 is 17.6 Å². The number of anilines is 1. The summed E-state index contributed by atoms with van der Waals surface area (Å²) in [6, 6.07) is 17.6. The first kappa shape index (κ1) is 23.0. The van der Waals surface area contributed by atoms with Gasteiger partial charge in [0.15, 0.2) is 4.32 Å². The summed E-state index contributed by atoms with van der Waals surface area (Å²) < 4.78 is 58.8. The summed E-state index contributed by atoms with van der Waals surface area (Å²) in [4.78, 5) is 14.3. The zero-order valence-corrected chi connectivity index (χ0v) is 18.4. The van der Waals surface area contributed by atoms with Crippen LogP contribution in [0.2, 0.25) is 0 Å². The van der Waals surface area contributed by atoms with Gasteiger partial charge in [0.1, 0.15) is 18.2 Å². The second-order valence-electron chi connectivity index (χ2n) is 7.02. The van der Waals surface area contributed by atoms with Crippen molar-refractivity contribution in [2.75, 3.05) is 4.90 Å². The van der Waals surface area contributed by atoms with Gasteiger partial charge in [0.2, 0.25) is 0 Å². The van der Waals surface area contributed by atoms with Crippen molar-refractivity contribution in [3.8, 4) is 5.75 Å². The maximum atomic E-state index is 13.8. The number of rotatable bonds is 5. The molecular formula is C24H15F4NO2S2. The Morgan fingerprint density at radius 1 is 1.00 bits per heavy atom. The molecule has 0 spiro atoms. The van der Waals surface area contributed by atoms with E-state index in [-0.39, 0.29) is 27.3 Å². The number of thiocarbonyl (C=S) groups is 1. The Kier molecular flexibility index (Phi) is 6.53. The van der Waals surface area contributed by atoms with Gasteiger partial charge >= 0.3 is 6.18 Å². The predicted octanol–water partition coefficient (Wildman–Crippen LogP) is 6.83. The van der Waals surface area contributed by atoms with Gasteiger partial charge in [-0.05, 0) is 48.0 Å². The molecule has 1 saturated heterocycles. The molecule has 0 aromatic heterocycles. The molecule has 1 fully saturated rings. The van der Waals surface area contributed by atoms with Crippen LogP contribution in [0.4, 0.5) is 23.2 Å². The Hall–Kier alpha value is -3.17. The number of carbonyl (C=O) groups excluding carboxylic acids is 1. The van der Waals surface area contributed by atoms with Crippen molar-refractivity contribution in [1.29, 1.82) is 0 Å². The van der Waals surface area contributed by atoms with Crippen LogP contribution < -0.4 is 9.64 Å². The molecule has 9 heteroatoms. The van der Waals surface area contributed by atoms with E-state index in [2.05, 4.69) is 0 Å². The number of hydrogen-bond donors (Lipinski definition) is 0. The molecular weight excluding hydrogens is 474 g/mol. The third kappa shape index (κ3) is 5.26. The zero-order chi connectivity index (χ0) is 23.6. The molecule has 0 saturated carbocycles. The highest BCUT2D eigenvalue weighted by Gasteiger charge is 2.36. The number of halogens is 4. The number of alkyl halides is 3. The van der Waals surface area contributed by atoms with E-state index in [1.165, 1.54) is 18.2 Å². The maximum Gasteiger partial charge on any atom is 0.416 e. The molecule has 0 unspecified atom stereocenters. The molecule has 0 N–H and O–H groups in total. The van der Waals surface area contributed by atoms with Crippen LogP contribution in [0.1, 0.15) is 16.7 Å². The normalized spacial score (nSPS) is 15.4. The number of nitrogens with zero attached hydrogens (tertiary/aromatic N) is 1. The van der Waals surface area contributed by atoms with Gasteiger partial charge < -0.3 is 4.74 Å². The molecule has 3 aromatic rings. The number of amides is 1. The summed E-state index contributed by atoms with van der Waals surface area (Å²) in [5.74, 6) is -0.408. The third-order valence-electron chi connectivity index (χ3n) is 4.73. The van der Waals surface area contributed by atoms with Crippen LogP contribution in [0.25, 0.3) is 6.08 Å². The molecule has 3 aromatic carbocycles. The fourth-order valence-corrected chi connectivity index (χ4v) is 4.43. The number of carbonyl (C=O) groups is 1. The Labute approximate surface area is 196 Å². The number of ether oxygens (including phenoxy) is 1. The molecule has 33 heavy (non-hydrogen) atoms. The first-order chi connectivity index (χ1) is 15.7. The maximum absolute atomic E-state index is 13.8. The van der Waals surface area contributed by atoms with Crippen LogP contribution >= 0.6 is 24.0 Å². The van der Waals surface area contributed by atoms with Crippen molar-refractivity contribution in [3.63, 3.8) is 0 Å². The number of benzene rings is 3. The Morgan fingerprint density at radius 2 is 1.76 bits per heavy atom. The zero-order valence-electron chi connectivity index (χ0n) is 16.8. The van der Waals surface area contributed by atoms with Crippen LogP contribution in [0, 0.1) is 5.82 Å². The minimum absolute atomic E-state index is 0.0355. The van der Waals surface area contributed by atoms with Gasteiger partial charge in [-0.2, -0.15) is 13.2 Å². The average Bonchev–Trinajstić information content (AvgIpc) is 3.05. The lowest BCUT2D eigenvalue weighted by molar-refractivity contribution is -0.137. The molecule has 1 heterocycles. The fraction of sp³-hybridized carbons (Fsp3) is 0.0833. The van der Waals surface area contributed by atoms with Gasteiger partial charge in [-0.3, -0.25) is 9.69 Å². The number of thioether (sulfide) groups is 1. The van der Waals surface area contributed by atoms with Gasteiger partial charge in [-0.15, -0.1) is 0 Å². The SMILES string of the molecule is O=C1/C(=C\c2cccc(OCc3ccccc3F)c2)SC(=S)N1c1cccc(C(F)(F)F)c1. The molecule has 1 aliphatic rings. The second-order valence-corrected chi connectivity index (χ2v) is 8.69. The highest BCUT2D eigenvalue weighted by Crippen LogP contribution is 2.38. The van der Waals surface area contributed by atoms with Crippen LogP contribution in [0.3, 0.4) is 0 Å². The van der Waals surface area contributed by atoms with Crippen molar-refractivity contribution in [2.45, 2.75) is 12.8 Å². The standard InChI is InChI=1S/C24H15F4NO2S2/c25-20-10-2-1-6-16(20)14-31-19-9-3-5-15(11-19)12-21-22(30)29(23(32)33-21)18-8-4-7-17(13-18)24(26,27)28/h1-13H,14H2/b21-12+. The Morgan fingerprint density at radius 3 is 2.52 bits per heavy atom. The van der Waals surface area contributed by atoms with Gasteiger partial charge in [0.25, 0.3) is 5.91 Å². The molecule has 0 aliphatic carbocycles. The summed E-state index contributed by atoms with van der Waals surface area (Å²) in [6.45, 7) is 0.0355. The van der Waals surface area contributed by atoms with E-state index >= 15 is 0 Å². The van der Waals surface area contributed by atoms with Crippen LogP contribution in [-0.4, -0.2) is 10.2 Å². The Balaban J connectivity index is 1.53. The third-order valence-corrected chi connectivity index (χ3v) is 6.04. The summed E-state index contributed by atoms with van der Waals surface area (Å²) in [5, 5.41) is 0. The molecule has 0 radical (unpaired) electrons. The van der Waals surface area contributed by atoms with Gasteiger partial charge in [-0.25, -0.2) is 4.39 Å². The molecule has 1 aliphatic heterocycles. The van der Waals surface area contributed by atoms with Crippen molar-refractivity contribution < 1.29 is 27.1 Å². The van der Waals surface area contributed by atoms with Crippen LogP contribution in [0.5, 0.6) is 5.75 Å². The highest BCUT2D eigenvalue weighted by molar-refractivity contribution is 8.27. The molecule has 4 rings (SSSR count). The Bertz CT molecular complexity index is 1260. The monoisotopic (exact) mass is 489 g/mol. The minimum atomic E-state index is -4.53. The van der Waals surface area contributed by atoms with Gasteiger partial charge in [-0.1, -0.05) is 60.4 Å². The topological polar surface area (TPSA) is 29.5 Å². The lowest BCUT2D eigenvalue weighted by atomic mass is 10.1. The van der Waals surface area contributed by atoms with Crippen molar-refractivity contribution in [1.82, 2.24) is 0 Å². The molecule has 168 valence electrons. The second kappa shape index (κ2) is 9.36. The molecule has 3 nitrogen and oxygen atoms in total. The average molecular weight is 490 g/mol. The van der Waals surface area contributed by atoms with E-state index in [0.29, 0.717) is 16.9 Å². The summed E-state index contributed by atoms with van der Waals surface area (Å²) >= 11 is 6.25. The van der Waals surface area contributed by atoms with Gasteiger partial charge in [0.05, 0.1) is 16.2 Å². The first-order valence-electron chi connectivity index (χ1n) is 9.64. The van der Waals surface area contributed by atoms with E-state index in [1.807, 2.05) is 0 Å². The van der Waals surface area contributed by atoms with Crippen LogP contribution in [-0.2, 0) is 17.6 Å². The quantitative estimate of drug-likeness (QED) is 0.223. The van der Waals surface area contributed by atoms with Crippen LogP contribution in [0.15, 0.2) is 77.7 Å². The fourth-order valence-electron chi connectivity index (χ4n) is 3.13. The minimum Gasteiger partial charge on any atom is -0.489 e. The van der Waals surface area contributed by atoms with E-state index in [4.69, 9.17) is 17.0 Å². The van der Waals surface area contributed by atoms with Gasteiger partial charge in [0, 0.05) is 5.56 Å². The van der Waals surface area contributed by atoms with E-state index in [1.54, 1.807) is 48.5 Å².